The second kappa shape index (κ2) is 10.3. The third kappa shape index (κ3) is 5.09. The van der Waals surface area contributed by atoms with Crippen LogP contribution in [0.15, 0.2) is 113 Å². The average Bonchev–Trinajstić information content (AvgIpc) is 3.42. The van der Waals surface area contributed by atoms with Gasteiger partial charge in [-0.3, -0.25) is 4.99 Å². The Morgan fingerprint density at radius 2 is 1.84 bits per heavy atom. The van der Waals surface area contributed by atoms with Crippen LogP contribution in [0, 0.1) is 11.7 Å². The van der Waals surface area contributed by atoms with E-state index in [0.717, 1.165) is 27.7 Å². The molecule has 0 saturated carbocycles. The van der Waals surface area contributed by atoms with Gasteiger partial charge < -0.3 is 10.1 Å². The Balaban J connectivity index is 1.12. The van der Waals surface area contributed by atoms with Crippen LogP contribution in [0.3, 0.4) is 0 Å². The van der Waals surface area contributed by atoms with Crippen molar-refractivity contribution in [1.82, 2.24) is 0 Å². The quantitative estimate of drug-likeness (QED) is 0.191. The Bertz CT molecular complexity index is 1480. The zero-order chi connectivity index (χ0) is 25.2. The number of hydrogen-bond acceptors (Lipinski definition) is 3. The van der Waals surface area contributed by atoms with Gasteiger partial charge in [0.2, 0.25) is 0 Å². The molecule has 3 nitrogen and oxygen atoms in total. The monoisotopic (exact) mass is 552 g/mol. The molecule has 184 valence electrons. The summed E-state index contributed by atoms with van der Waals surface area (Å²) in [6, 6.07) is 29.7. The fourth-order valence-corrected chi connectivity index (χ4v) is 5.80. The molecule has 2 aliphatic rings. The molecular weight excluding hydrogens is 527 g/mol. The number of nitrogens with zero attached hydrogens (tertiary/aromatic N) is 1. The summed E-state index contributed by atoms with van der Waals surface area (Å²) in [6.07, 6.45) is 7.63. The standard InChI is InChI=1S/C32H26BrFN2O/c33-29-18-21(11-16-31(29)37-20-22-5-3-6-24(34)17-22)19-35-25-14-12-23(13-15-25)32-28-9-4-8-26(28)27-7-1-2-10-30(27)36-32/h1-8,10-19,26,28,32,36H,9,20H2/t26-,28+,32+/m1/s1. The number of para-hydroxylation sites is 1. The number of allylic oxidation sites excluding steroid dienone is 2. The average molecular weight is 553 g/mol. The van der Waals surface area contributed by atoms with Crippen LogP contribution < -0.4 is 10.1 Å². The number of nitrogens with one attached hydrogen (secondary N) is 1. The summed E-state index contributed by atoms with van der Waals surface area (Å²) in [6.45, 7) is 0.301. The van der Waals surface area contributed by atoms with Crippen LogP contribution in [0.1, 0.15) is 40.6 Å². The highest BCUT2D eigenvalue weighted by Crippen LogP contribution is 2.49. The van der Waals surface area contributed by atoms with Crippen molar-refractivity contribution in [3.63, 3.8) is 0 Å². The lowest BCUT2D eigenvalue weighted by atomic mass is 9.77. The first-order chi connectivity index (χ1) is 18.1. The minimum atomic E-state index is -0.264. The molecule has 6 rings (SSSR count). The normalized spacial score (nSPS) is 19.9. The van der Waals surface area contributed by atoms with Crippen molar-refractivity contribution in [3.05, 3.63) is 136 Å². The van der Waals surface area contributed by atoms with Crippen molar-refractivity contribution in [2.45, 2.75) is 25.0 Å². The minimum absolute atomic E-state index is 0.264. The second-order valence-electron chi connectivity index (χ2n) is 9.52. The van der Waals surface area contributed by atoms with Crippen molar-refractivity contribution in [2.24, 2.45) is 10.9 Å². The predicted molar refractivity (Wildman–Crippen MR) is 151 cm³/mol. The van der Waals surface area contributed by atoms with Crippen LogP contribution in [-0.2, 0) is 6.61 Å². The highest BCUT2D eigenvalue weighted by molar-refractivity contribution is 9.10. The van der Waals surface area contributed by atoms with Gasteiger partial charge in [-0.15, -0.1) is 0 Å². The van der Waals surface area contributed by atoms with E-state index in [1.54, 1.807) is 6.07 Å². The second-order valence-corrected chi connectivity index (χ2v) is 10.4. The van der Waals surface area contributed by atoms with E-state index in [1.165, 1.54) is 28.9 Å². The van der Waals surface area contributed by atoms with Crippen LogP contribution >= 0.6 is 15.9 Å². The first kappa shape index (κ1) is 23.7. The highest BCUT2D eigenvalue weighted by atomic mass is 79.9. The Hall–Kier alpha value is -3.70. The number of halogens is 2. The predicted octanol–water partition coefficient (Wildman–Crippen LogP) is 8.74. The highest BCUT2D eigenvalue weighted by Gasteiger charge is 2.37. The van der Waals surface area contributed by atoms with Crippen LogP contribution in [-0.4, -0.2) is 6.21 Å². The Morgan fingerprint density at radius 1 is 0.973 bits per heavy atom. The lowest BCUT2D eigenvalue weighted by Crippen LogP contribution is -2.28. The Kier molecular flexibility index (Phi) is 6.62. The molecule has 3 atom stereocenters. The zero-order valence-corrected chi connectivity index (χ0v) is 21.7. The van der Waals surface area contributed by atoms with Gasteiger partial charge in [-0.1, -0.05) is 54.6 Å². The van der Waals surface area contributed by atoms with E-state index < -0.39 is 0 Å². The molecule has 0 unspecified atom stereocenters. The molecule has 1 N–H and O–H groups in total. The minimum Gasteiger partial charge on any atom is -0.488 e. The smallest absolute Gasteiger partial charge is 0.134 e. The van der Waals surface area contributed by atoms with Gasteiger partial charge in [0.1, 0.15) is 18.2 Å². The van der Waals surface area contributed by atoms with Crippen LogP contribution in [0.25, 0.3) is 0 Å². The van der Waals surface area contributed by atoms with Gasteiger partial charge in [0.15, 0.2) is 0 Å². The molecule has 1 aliphatic carbocycles. The first-order valence-electron chi connectivity index (χ1n) is 12.5. The molecule has 37 heavy (non-hydrogen) atoms. The molecule has 5 heteroatoms. The summed E-state index contributed by atoms with van der Waals surface area (Å²) < 4.78 is 20.1. The van der Waals surface area contributed by atoms with Crippen molar-refractivity contribution in [3.8, 4) is 5.75 Å². The van der Waals surface area contributed by atoms with E-state index >= 15 is 0 Å². The van der Waals surface area contributed by atoms with E-state index in [-0.39, 0.29) is 11.9 Å². The van der Waals surface area contributed by atoms with E-state index in [4.69, 9.17) is 4.74 Å². The summed E-state index contributed by atoms with van der Waals surface area (Å²) in [5, 5.41) is 3.78. The summed E-state index contributed by atoms with van der Waals surface area (Å²) >= 11 is 3.58. The molecule has 0 aromatic heterocycles. The van der Waals surface area contributed by atoms with Crippen molar-refractivity contribution in [1.29, 1.82) is 0 Å². The first-order valence-corrected chi connectivity index (χ1v) is 13.3. The van der Waals surface area contributed by atoms with Crippen LogP contribution in [0.4, 0.5) is 15.8 Å². The number of ether oxygens (including phenoxy) is 1. The number of anilines is 1. The molecule has 0 radical (unpaired) electrons. The lowest BCUT2D eigenvalue weighted by Gasteiger charge is -2.37. The van der Waals surface area contributed by atoms with E-state index in [0.29, 0.717) is 24.2 Å². The van der Waals surface area contributed by atoms with E-state index in [9.17, 15) is 4.39 Å². The van der Waals surface area contributed by atoms with Gasteiger partial charge in [-0.2, -0.15) is 0 Å². The van der Waals surface area contributed by atoms with Gasteiger partial charge in [0.25, 0.3) is 0 Å². The number of rotatable bonds is 6. The van der Waals surface area contributed by atoms with Gasteiger partial charge in [-0.25, -0.2) is 4.39 Å². The maximum Gasteiger partial charge on any atom is 0.134 e. The number of aliphatic imine (C=N–C) groups is 1. The topological polar surface area (TPSA) is 33.6 Å². The van der Waals surface area contributed by atoms with Crippen molar-refractivity contribution in [2.75, 3.05) is 5.32 Å². The van der Waals surface area contributed by atoms with Crippen molar-refractivity contribution >= 4 is 33.5 Å². The van der Waals surface area contributed by atoms with Crippen LogP contribution in [0.2, 0.25) is 0 Å². The van der Waals surface area contributed by atoms with Gasteiger partial charge in [-0.05, 0) is 99.1 Å². The SMILES string of the molecule is Fc1cccc(COc2ccc(C=Nc3ccc([C@@H]4Nc5ccccc5[C@H]5C=CC[C@@H]54)cc3)cc2Br)c1. The third-order valence-electron chi connectivity index (χ3n) is 7.13. The number of benzene rings is 4. The summed E-state index contributed by atoms with van der Waals surface area (Å²) in [7, 11) is 0. The summed E-state index contributed by atoms with van der Waals surface area (Å²) in [4.78, 5) is 4.68. The third-order valence-corrected chi connectivity index (χ3v) is 7.75. The molecule has 0 saturated heterocycles. The Labute approximate surface area is 224 Å². The fraction of sp³-hybridized carbons (Fsp3) is 0.156. The maximum atomic E-state index is 13.4. The largest absolute Gasteiger partial charge is 0.488 e. The molecule has 4 aromatic rings. The van der Waals surface area contributed by atoms with Crippen molar-refractivity contribution < 1.29 is 9.13 Å². The Morgan fingerprint density at radius 3 is 2.68 bits per heavy atom. The molecule has 0 spiro atoms. The fourth-order valence-electron chi connectivity index (χ4n) is 5.29. The van der Waals surface area contributed by atoms with Gasteiger partial charge in [0.05, 0.1) is 16.2 Å². The molecule has 0 bridgehead atoms. The molecule has 1 heterocycles. The van der Waals surface area contributed by atoms with Gasteiger partial charge >= 0.3 is 0 Å². The molecule has 4 aromatic carbocycles. The molecule has 1 aliphatic heterocycles. The van der Waals surface area contributed by atoms with Crippen LogP contribution in [0.5, 0.6) is 5.75 Å². The summed E-state index contributed by atoms with van der Waals surface area (Å²) in [5.41, 5.74) is 6.57. The number of fused-ring (bicyclic) bond motifs is 3. The molecular formula is C32H26BrFN2O. The lowest BCUT2D eigenvalue weighted by molar-refractivity contribution is 0.303. The zero-order valence-electron chi connectivity index (χ0n) is 20.1. The summed E-state index contributed by atoms with van der Waals surface area (Å²) in [5.74, 6) is 1.44. The molecule has 0 fully saturated rings. The van der Waals surface area contributed by atoms with Gasteiger partial charge in [0, 0.05) is 17.8 Å². The van der Waals surface area contributed by atoms with E-state index in [2.05, 4.69) is 86.9 Å². The number of hydrogen-bond donors (Lipinski definition) is 1. The van der Waals surface area contributed by atoms with E-state index in [1.807, 2.05) is 30.5 Å². The maximum absolute atomic E-state index is 13.4. The molecule has 0 amide bonds.